The van der Waals surface area contributed by atoms with E-state index in [9.17, 15) is 44.6 Å². The Morgan fingerprint density at radius 2 is 0.932 bits per heavy atom. The molecule has 59 heavy (non-hydrogen) atoms. The number of aliphatic hydroxyl groups excluding tert-OH is 5. The molecule has 14 heteroatoms. The Balaban J connectivity index is 2.50. The van der Waals surface area contributed by atoms with Gasteiger partial charge in [0.05, 0.1) is 6.61 Å². The van der Waals surface area contributed by atoms with E-state index in [0.29, 0.717) is 19.3 Å². The lowest BCUT2D eigenvalue weighted by Gasteiger charge is -2.41. The number of carbonyl (C=O) groups excluding carboxylic acids is 2. The van der Waals surface area contributed by atoms with Gasteiger partial charge in [0.1, 0.15) is 43.2 Å². The van der Waals surface area contributed by atoms with Gasteiger partial charge in [-0.1, -0.05) is 140 Å². The summed E-state index contributed by atoms with van der Waals surface area (Å²) in [6.45, 7) is 3.23. The van der Waals surface area contributed by atoms with Gasteiger partial charge >= 0.3 is 19.8 Å². The second-order valence-corrected chi connectivity index (χ2v) is 17.3. The number of allylic oxidation sites excluding steroid dienone is 6. The van der Waals surface area contributed by atoms with Crippen LogP contribution in [-0.4, -0.2) is 98.3 Å². The number of rotatable bonds is 37. The van der Waals surface area contributed by atoms with Crippen LogP contribution in [0, 0.1) is 0 Å². The molecule has 13 nitrogen and oxygen atoms in total. The molecule has 1 saturated carbocycles. The van der Waals surface area contributed by atoms with Crippen molar-refractivity contribution < 1.29 is 63.1 Å². The molecular formula is C45H81O13P. The summed E-state index contributed by atoms with van der Waals surface area (Å²) in [7, 11) is -5.13. The molecular weight excluding hydrogens is 779 g/mol. The van der Waals surface area contributed by atoms with Gasteiger partial charge in [0.2, 0.25) is 0 Å². The molecule has 1 rings (SSSR count). The highest BCUT2D eigenvalue weighted by Gasteiger charge is 2.51. The minimum absolute atomic E-state index is 0.0680. The molecule has 6 unspecified atom stereocenters. The molecule has 0 saturated heterocycles. The van der Waals surface area contributed by atoms with Gasteiger partial charge in [-0.2, -0.15) is 0 Å². The maximum atomic E-state index is 12.8. The highest BCUT2D eigenvalue weighted by molar-refractivity contribution is 7.47. The summed E-state index contributed by atoms with van der Waals surface area (Å²) in [4.78, 5) is 35.6. The summed E-state index contributed by atoms with van der Waals surface area (Å²) >= 11 is 0. The van der Waals surface area contributed by atoms with Gasteiger partial charge in [0.25, 0.3) is 0 Å². The van der Waals surface area contributed by atoms with Gasteiger partial charge in [-0.3, -0.25) is 18.6 Å². The molecule has 0 aromatic rings. The fourth-order valence-corrected chi connectivity index (χ4v) is 7.70. The summed E-state index contributed by atoms with van der Waals surface area (Å²) in [5.74, 6) is -1.17. The molecule has 0 radical (unpaired) electrons. The Morgan fingerprint density at radius 3 is 1.44 bits per heavy atom. The first-order valence-corrected chi connectivity index (χ1v) is 24.3. The van der Waals surface area contributed by atoms with Crippen LogP contribution in [0.4, 0.5) is 0 Å². The minimum atomic E-state index is -5.13. The third-order valence-corrected chi connectivity index (χ3v) is 11.4. The highest BCUT2D eigenvalue weighted by Crippen LogP contribution is 2.47. The maximum Gasteiger partial charge on any atom is 0.472 e. The molecule has 1 aliphatic rings. The van der Waals surface area contributed by atoms with Crippen LogP contribution in [0.3, 0.4) is 0 Å². The van der Waals surface area contributed by atoms with E-state index in [0.717, 1.165) is 38.5 Å². The number of ether oxygens (including phenoxy) is 2. The van der Waals surface area contributed by atoms with Crippen LogP contribution in [0.5, 0.6) is 0 Å². The Bertz CT molecular complexity index is 1180. The van der Waals surface area contributed by atoms with Crippen LogP contribution in [0.25, 0.3) is 0 Å². The zero-order valence-electron chi connectivity index (χ0n) is 36.3. The fourth-order valence-electron chi connectivity index (χ4n) is 6.73. The lowest BCUT2D eigenvalue weighted by atomic mass is 9.85. The molecule has 0 aromatic carbocycles. The third-order valence-electron chi connectivity index (χ3n) is 10.5. The topological polar surface area (TPSA) is 210 Å². The number of aliphatic hydroxyl groups is 5. The second-order valence-electron chi connectivity index (χ2n) is 15.9. The van der Waals surface area contributed by atoms with Crippen molar-refractivity contribution in [3.8, 4) is 0 Å². The molecule has 0 heterocycles. The van der Waals surface area contributed by atoms with Crippen LogP contribution in [0.1, 0.15) is 181 Å². The minimum Gasteiger partial charge on any atom is -0.462 e. The Morgan fingerprint density at radius 1 is 0.525 bits per heavy atom. The van der Waals surface area contributed by atoms with Crippen molar-refractivity contribution in [2.24, 2.45) is 0 Å². The molecule has 344 valence electrons. The van der Waals surface area contributed by atoms with Crippen LogP contribution in [0.2, 0.25) is 0 Å². The molecule has 0 amide bonds. The Labute approximate surface area is 355 Å². The van der Waals surface area contributed by atoms with Crippen LogP contribution >= 0.6 is 7.82 Å². The molecule has 8 atom stereocenters. The summed E-state index contributed by atoms with van der Waals surface area (Å²) in [5.41, 5.74) is 0. The number of phosphoric acid groups is 1. The molecule has 0 spiro atoms. The van der Waals surface area contributed by atoms with Crippen molar-refractivity contribution in [1.29, 1.82) is 0 Å². The average Bonchev–Trinajstić information content (AvgIpc) is 3.21. The summed E-state index contributed by atoms with van der Waals surface area (Å²) in [6.07, 6.45) is 26.4. The number of phosphoric ester groups is 1. The quantitative estimate of drug-likeness (QED) is 0.0150. The normalized spacial score (nSPS) is 22.6. The number of carbonyl (C=O) groups is 2. The van der Waals surface area contributed by atoms with E-state index in [1.807, 2.05) is 6.08 Å². The van der Waals surface area contributed by atoms with Gasteiger partial charge in [-0.15, -0.1) is 0 Å². The van der Waals surface area contributed by atoms with Gasteiger partial charge in [0.15, 0.2) is 6.10 Å². The lowest BCUT2D eigenvalue weighted by Crippen LogP contribution is -2.64. The zero-order valence-corrected chi connectivity index (χ0v) is 37.2. The standard InChI is InChI=1S/C45H81O13P/c1-3-5-7-9-11-13-15-17-18-19-20-22-23-25-27-29-31-33-38(46)55-35-37(36-56-59(53,54)58-45-43(51)41(49)40(48)42(50)44(45)52)57-39(47)34-32-30-28-26-24-21-16-14-12-10-8-6-4-2/h20-22,24-25,27,37,40-45,48-52H,3-19,23,26,28-36H2,1-2H3,(H,53,54)/b22-20+,24-21+,27-25+/t37-,40?,41-,42?,43?,44?,45?/m0/s1. The van der Waals surface area contributed by atoms with E-state index in [4.69, 9.17) is 18.5 Å². The maximum absolute atomic E-state index is 12.8. The first-order valence-electron chi connectivity index (χ1n) is 22.8. The van der Waals surface area contributed by atoms with Gasteiger partial charge in [0, 0.05) is 12.8 Å². The number of esters is 2. The van der Waals surface area contributed by atoms with Crippen molar-refractivity contribution in [3.05, 3.63) is 36.5 Å². The SMILES string of the molecule is CCCCCCCC/C=C/CCCCCC(=O)O[C@@H](COC(=O)CCC/C=C/C/C=C/CCCCCCCCCCC)COP(=O)(O)OC1C(O)C(O)C(O)[C@H](O)C1O. The van der Waals surface area contributed by atoms with Crippen LogP contribution < -0.4 is 0 Å². The van der Waals surface area contributed by atoms with E-state index in [2.05, 4.69) is 44.2 Å². The monoisotopic (exact) mass is 861 g/mol. The van der Waals surface area contributed by atoms with Gasteiger partial charge in [-0.25, -0.2) is 4.57 Å². The Hall–Kier alpha value is -1.93. The summed E-state index contributed by atoms with van der Waals surface area (Å²) in [6, 6.07) is 0. The van der Waals surface area contributed by atoms with E-state index in [1.165, 1.54) is 96.3 Å². The summed E-state index contributed by atoms with van der Waals surface area (Å²) in [5, 5.41) is 50.1. The van der Waals surface area contributed by atoms with E-state index in [-0.39, 0.29) is 12.8 Å². The number of hydrogen-bond acceptors (Lipinski definition) is 12. The fraction of sp³-hybridized carbons (Fsp3) is 0.822. The number of unbranched alkanes of at least 4 members (excludes halogenated alkanes) is 19. The third kappa shape index (κ3) is 28.3. The largest absolute Gasteiger partial charge is 0.472 e. The van der Waals surface area contributed by atoms with Gasteiger partial charge in [-0.05, 0) is 64.2 Å². The predicted molar refractivity (Wildman–Crippen MR) is 230 cm³/mol. The molecule has 0 bridgehead atoms. The zero-order chi connectivity index (χ0) is 43.6. The van der Waals surface area contributed by atoms with Crippen molar-refractivity contribution in [3.63, 3.8) is 0 Å². The van der Waals surface area contributed by atoms with Crippen molar-refractivity contribution in [2.45, 2.75) is 224 Å². The van der Waals surface area contributed by atoms with Crippen molar-refractivity contribution >= 4 is 19.8 Å². The van der Waals surface area contributed by atoms with E-state index >= 15 is 0 Å². The molecule has 1 aliphatic carbocycles. The lowest BCUT2D eigenvalue weighted by molar-refractivity contribution is -0.220. The molecule has 0 aliphatic heterocycles. The average molecular weight is 861 g/mol. The van der Waals surface area contributed by atoms with E-state index < -0.39 is 75.7 Å². The molecule has 0 aromatic heterocycles. The molecule has 6 N–H and O–H groups in total. The van der Waals surface area contributed by atoms with Crippen LogP contribution in [0.15, 0.2) is 36.5 Å². The second kappa shape index (κ2) is 35.6. The predicted octanol–water partition coefficient (Wildman–Crippen LogP) is 8.61. The first-order chi connectivity index (χ1) is 28.4. The highest BCUT2D eigenvalue weighted by atomic mass is 31.2. The first kappa shape index (κ1) is 55.1. The van der Waals surface area contributed by atoms with Crippen molar-refractivity contribution in [2.75, 3.05) is 13.2 Å². The van der Waals surface area contributed by atoms with Crippen molar-refractivity contribution in [1.82, 2.24) is 0 Å². The molecule has 1 fully saturated rings. The van der Waals surface area contributed by atoms with Crippen LogP contribution in [-0.2, 0) is 32.7 Å². The van der Waals surface area contributed by atoms with Gasteiger partial charge < -0.3 is 39.9 Å². The number of hydrogen-bond donors (Lipinski definition) is 6. The smallest absolute Gasteiger partial charge is 0.462 e. The van der Waals surface area contributed by atoms with E-state index in [1.54, 1.807) is 0 Å². The summed E-state index contributed by atoms with van der Waals surface area (Å²) < 4.78 is 33.4. The Kier molecular flexibility index (Phi) is 33.3.